The van der Waals surface area contributed by atoms with Crippen molar-refractivity contribution < 1.29 is 8.78 Å². The Labute approximate surface area is 119 Å². The van der Waals surface area contributed by atoms with Gasteiger partial charge < -0.3 is 5.32 Å². The summed E-state index contributed by atoms with van der Waals surface area (Å²) in [5.41, 5.74) is 0.816. The number of hydrogen-bond donors (Lipinski definition) is 1. The predicted molar refractivity (Wildman–Crippen MR) is 75.5 cm³/mol. The second kappa shape index (κ2) is 6.19. The van der Waals surface area contributed by atoms with Gasteiger partial charge in [0.1, 0.15) is 11.6 Å². The first-order valence-electron chi connectivity index (χ1n) is 7.65. The first-order valence-corrected chi connectivity index (χ1v) is 7.65. The zero-order chi connectivity index (χ0) is 13.9. The Morgan fingerprint density at radius 2 is 1.60 bits per heavy atom. The Balaban J connectivity index is 1.90. The van der Waals surface area contributed by atoms with Crippen LogP contribution in [0.4, 0.5) is 8.78 Å². The first-order chi connectivity index (χ1) is 9.74. The molecule has 1 heterocycles. The number of nitrogens with one attached hydrogen (secondary N) is 1. The molecule has 1 atom stereocenters. The van der Waals surface area contributed by atoms with Crippen LogP contribution in [0.25, 0.3) is 0 Å². The van der Waals surface area contributed by atoms with Crippen LogP contribution in [0.1, 0.15) is 37.3 Å². The molecule has 1 aliphatic heterocycles. The van der Waals surface area contributed by atoms with E-state index in [9.17, 15) is 8.78 Å². The second-order valence-corrected chi connectivity index (χ2v) is 5.98. The third kappa shape index (κ3) is 3.01. The fourth-order valence-corrected chi connectivity index (χ4v) is 3.76. The average Bonchev–Trinajstić information content (AvgIpc) is 2.93. The molecule has 1 aromatic carbocycles. The van der Waals surface area contributed by atoms with E-state index >= 15 is 0 Å². The summed E-state index contributed by atoms with van der Waals surface area (Å²) in [6.45, 7) is 3.83. The fourth-order valence-electron chi connectivity index (χ4n) is 3.76. The summed E-state index contributed by atoms with van der Waals surface area (Å²) in [6.07, 6.45) is 4.83. The van der Waals surface area contributed by atoms with Gasteiger partial charge in [-0.3, -0.25) is 4.90 Å². The maximum absolute atomic E-state index is 13.6. The molecular weight excluding hydrogens is 258 g/mol. The lowest BCUT2D eigenvalue weighted by atomic mass is 9.89. The third-order valence-corrected chi connectivity index (χ3v) is 4.62. The minimum Gasteiger partial charge on any atom is -0.314 e. The molecule has 1 saturated carbocycles. The maximum Gasteiger partial charge on any atom is 0.126 e. The molecule has 1 saturated heterocycles. The summed E-state index contributed by atoms with van der Waals surface area (Å²) in [4.78, 5) is 2.40. The summed E-state index contributed by atoms with van der Waals surface area (Å²) in [5, 5.41) is 3.34. The van der Waals surface area contributed by atoms with Crippen molar-refractivity contribution in [2.45, 2.75) is 31.7 Å². The zero-order valence-electron chi connectivity index (χ0n) is 11.7. The Morgan fingerprint density at radius 3 is 2.20 bits per heavy atom. The highest BCUT2D eigenvalue weighted by Gasteiger charge is 2.32. The van der Waals surface area contributed by atoms with E-state index in [2.05, 4.69) is 10.2 Å². The summed E-state index contributed by atoms with van der Waals surface area (Å²) < 4.78 is 27.1. The van der Waals surface area contributed by atoms with Gasteiger partial charge in [0.05, 0.1) is 0 Å². The summed E-state index contributed by atoms with van der Waals surface area (Å²) in [7, 11) is 0. The molecule has 1 aliphatic carbocycles. The van der Waals surface area contributed by atoms with Gasteiger partial charge in [-0.25, -0.2) is 8.78 Å². The lowest BCUT2D eigenvalue weighted by Crippen LogP contribution is -2.46. The average molecular weight is 280 g/mol. The molecule has 0 aromatic heterocycles. The summed E-state index contributed by atoms with van der Waals surface area (Å²) >= 11 is 0. The topological polar surface area (TPSA) is 15.3 Å². The highest BCUT2D eigenvalue weighted by Crippen LogP contribution is 2.40. The molecule has 2 fully saturated rings. The quantitative estimate of drug-likeness (QED) is 0.915. The standard InChI is InChI=1S/C16H22F2N2/c17-14-9-13(10-15(18)11-14)16(12-3-1-2-4-12)20-7-5-19-6-8-20/h9-12,16,19H,1-8H2/t16-/m0/s1. The maximum atomic E-state index is 13.6. The van der Waals surface area contributed by atoms with Gasteiger partial charge in [-0.15, -0.1) is 0 Å². The van der Waals surface area contributed by atoms with Crippen LogP contribution in [0.15, 0.2) is 18.2 Å². The minimum atomic E-state index is -0.460. The van der Waals surface area contributed by atoms with Crippen LogP contribution in [-0.4, -0.2) is 31.1 Å². The number of nitrogens with zero attached hydrogens (tertiary/aromatic N) is 1. The SMILES string of the molecule is Fc1cc(F)cc([C@H](C2CCCC2)N2CCNCC2)c1. The van der Waals surface area contributed by atoms with E-state index in [1.165, 1.54) is 37.8 Å². The molecule has 0 bridgehead atoms. The molecule has 0 unspecified atom stereocenters. The van der Waals surface area contributed by atoms with Gasteiger partial charge in [0, 0.05) is 38.3 Å². The van der Waals surface area contributed by atoms with Crippen molar-refractivity contribution >= 4 is 0 Å². The van der Waals surface area contributed by atoms with Crippen molar-refractivity contribution in [1.29, 1.82) is 0 Å². The van der Waals surface area contributed by atoms with E-state index in [0.717, 1.165) is 37.8 Å². The normalized spacial score (nSPS) is 23.1. The molecule has 0 spiro atoms. The van der Waals surface area contributed by atoms with Gasteiger partial charge in [-0.2, -0.15) is 0 Å². The van der Waals surface area contributed by atoms with Crippen molar-refractivity contribution in [1.82, 2.24) is 10.2 Å². The Morgan fingerprint density at radius 1 is 1.00 bits per heavy atom. The van der Waals surface area contributed by atoms with Crippen molar-refractivity contribution in [2.24, 2.45) is 5.92 Å². The molecule has 2 nitrogen and oxygen atoms in total. The second-order valence-electron chi connectivity index (χ2n) is 5.98. The van der Waals surface area contributed by atoms with E-state index in [1.807, 2.05) is 0 Å². The van der Waals surface area contributed by atoms with Crippen LogP contribution < -0.4 is 5.32 Å². The lowest BCUT2D eigenvalue weighted by molar-refractivity contribution is 0.125. The number of halogens is 2. The van der Waals surface area contributed by atoms with Gasteiger partial charge >= 0.3 is 0 Å². The molecule has 3 rings (SSSR count). The third-order valence-electron chi connectivity index (χ3n) is 4.62. The fraction of sp³-hybridized carbons (Fsp3) is 0.625. The van der Waals surface area contributed by atoms with Crippen molar-refractivity contribution in [2.75, 3.05) is 26.2 Å². The number of rotatable bonds is 3. The van der Waals surface area contributed by atoms with Gasteiger partial charge in [0.2, 0.25) is 0 Å². The lowest BCUT2D eigenvalue weighted by Gasteiger charge is -2.38. The van der Waals surface area contributed by atoms with Crippen LogP contribution in [-0.2, 0) is 0 Å². The van der Waals surface area contributed by atoms with Crippen LogP contribution >= 0.6 is 0 Å². The Hall–Kier alpha value is -1.00. The first kappa shape index (κ1) is 14.0. The van der Waals surface area contributed by atoms with Gasteiger partial charge in [-0.1, -0.05) is 12.8 Å². The molecular formula is C16H22F2N2. The number of piperazine rings is 1. The van der Waals surface area contributed by atoms with Crippen LogP contribution in [0.2, 0.25) is 0 Å². The van der Waals surface area contributed by atoms with E-state index in [-0.39, 0.29) is 6.04 Å². The molecule has 1 N–H and O–H groups in total. The van der Waals surface area contributed by atoms with Crippen LogP contribution in [0, 0.1) is 17.6 Å². The molecule has 20 heavy (non-hydrogen) atoms. The van der Waals surface area contributed by atoms with E-state index < -0.39 is 11.6 Å². The largest absolute Gasteiger partial charge is 0.314 e. The smallest absolute Gasteiger partial charge is 0.126 e. The molecule has 1 aromatic rings. The summed E-state index contributed by atoms with van der Waals surface area (Å²) in [6, 6.07) is 4.18. The summed E-state index contributed by atoms with van der Waals surface area (Å²) in [5.74, 6) is -0.384. The van der Waals surface area contributed by atoms with Crippen LogP contribution in [0.3, 0.4) is 0 Å². The van der Waals surface area contributed by atoms with E-state index in [0.29, 0.717) is 5.92 Å². The molecule has 0 amide bonds. The Bertz CT molecular complexity index is 432. The highest BCUT2D eigenvalue weighted by molar-refractivity contribution is 5.23. The monoisotopic (exact) mass is 280 g/mol. The highest BCUT2D eigenvalue weighted by atomic mass is 19.1. The van der Waals surface area contributed by atoms with Gasteiger partial charge in [0.15, 0.2) is 0 Å². The zero-order valence-corrected chi connectivity index (χ0v) is 11.7. The molecule has 4 heteroatoms. The van der Waals surface area contributed by atoms with E-state index in [1.54, 1.807) is 0 Å². The van der Waals surface area contributed by atoms with Crippen molar-refractivity contribution in [3.8, 4) is 0 Å². The molecule has 110 valence electrons. The van der Waals surface area contributed by atoms with Crippen LogP contribution in [0.5, 0.6) is 0 Å². The number of hydrogen-bond acceptors (Lipinski definition) is 2. The van der Waals surface area contributed by atoms with E-state index in [4.69, 9.17) is 0 Å². The van der Waals surface area contributed by atoms with Crippen molar-refractivity contribution in [3.05, 3.63) is 35.4 Å². The van der Waals surface area contributed by atoms with Gasteiger partial charge in [0.25, 0.3) is 0 Å². The molecule has 2 aliphatic rings. The Kier molecular flexibility index (Phi) is 4.32. The number of benzene rings is 1. The van der Waals surface area contributed by atoms with Gasteiger partial charge in [-0.05, 0) is 36.5 Å². The minimum absolute atomic E-state index is 0.171. The molecule has 0 radical (unpaired) electrons. The predicted octanol–water partition coefficient (Wildman–Crippen LogP) is 3.10. The van der Waals surface area contributed by atoms with Crippen molar-refractivity contribution in [3.63, 3.8) is 0 Å².